The van der Waals surface area contributed by atoms with Crippen molar-refractivity contribution in [1.82, 2.24) is 4.98 Å². The maximum atomic E-state index is 13.9. The van der Waals surface area contributed by atoms with Gasteiger partial charge >= 0.3 is 4.87 Å². The number of sulfonamides is 1. The second-order valence-electron chi connectivity index (χ2n) is 10.4. The van der Waals surface area contributed by atoms with Gasteiger partial charge in [0.05, 0.1) is 28.6 Å². The molecule has 0 saturated carbocycles. The Morgan fingerprint density at radius 1 is 1.00 bits per heavy atom. The average molecular weight is 667 g/mol. The van der Waals surface area contributed by atoms with E-state index in [4.69, 9.17) is 14.6 Å². The van der Waals surface area contributed by atoms with Crippen molar-refractivity contribution in [2.24, 2.45) is 11.1 Å². The SMILES string of the molecule is COc1cc([C@@H]2c3sc(=O)[nH]c3S[C@H]3C(=O)N(c4ccc(C)cc4)C(=O)[C@@H]23)ccc1OCC(=O)Nc1ccc(S(N)(=O)=O)cc1. The van der Waals surface area contributed by atoms with E-state index in [0.717, 1.165) is 16.9 Å². The van der Waals surface area contributed by atoms with Crippen LogP contribution in [0.1, 0.15) is 21.9 Å². The lowest BCUT2D eigenvalue weighted by atomic mass is 9.83. The van der Waals surface area contributed by atoms with Gasteiger partial charge in [-0.3, -0.25) is 19.2 Å². The molecule has 0 aliphatic carbocycles. The molecule has 232 valence electrons. The summed E-state index contributed by atoms with van der Waals surface area (Å²) in [6.45, 7) is 1.53. The number of thioether (sulfide) groups is 1. The van der Waals surface area contributed by atoms with Crippen molar-refractivity contribution in [1.29, 1.82) is 0 Å². The zero-order valence-electron chi connectivity index (χ0n) is 23.8. The molecular formula is C30H26N4O8S3. The molecule has 6 rings (SSSR count). The van der Waals surface area contributed by atoms with Crippen LogP contribution in [-0.2, 0) is 24.4 Å². The van der Waals surface area contributed by atoms with E-state index < -0.39 is 33.0 Å². The summed E-state index contributed by atoms with van der Waals surface area (Å²) in [5.74, 6) is -2.07. The van der Waals surface area contributed by atoms with Crippen LogP contribution in [0.3, 0.4) is 0 Å². The first-order valence-electron chi connectivity index (χ1n) is 13.5. The number of carbonyl (C=O) groups is 3. The molecule has 1 fully saturated rings. The molecule has 2 aliphatic heterocycles. The Balaban J connectivity index is 1.25. The van der Waals surface area contributed by atoms with Gasteiger partial charge in [0.15, 0.2) is 18.1 Å². The van der Waals surface area contributed by atoms with E-state index in [1.807, 2.05) is 19.1 Å². The highest BCUT2D eigenvalue weighted by Crippen LogP contribution is 2.53. The number of amides is 3. The molecule has 0 bridgehead atoms. The van der Waals surface area contributed by atoms with Gasteiger partial charge in [-0.15, -0.1) is 0 Å². The van der Waals surface area contributed by atoms with Crippen LogP contribution in [-0.4, -0.2) is 50.1 Å². The van der Waals surface area contributed by atoms with E-state index in [9.17, 15) is 27.6 Å². The number of H-pyrrole nitrogens is 1. The zero-order valence-corrected chi connectivity index (χ0v) is 26.3. The zero-order chi connectivity index (χ0) is 32.0. The summed E-state index contributed by atoms with van der Waals surface area (Å²) >= 11 is 2.19. The molecule has 3 heterocycles. The molecule has 2 aliphatic rings. The Hall–Kier alpha value is -4.44. The summed E-state index contributed by atoms with van der Waals surface area (Å²) in [5.41, 5.74) is 2.46. The monoisotopic (exact) mass is 666 g/mol. The van der Waals surface area contributed by atoms with Gasteiger partial charge in [0.2, 0.25) is 21.8 Å². The van der Waals surface area contributed by atoms with Crippen molar-refractivity contribution >= 4 is 62.2 Å². The van der Waals surface area contributed by atoms with Crippen LogP contribution >= 0.6 is 23.1 Å². The molecule has 3 amide bonds. The molecule has 15 heteroatoms. The summed E-state index contributed by atoms with van der Waals surface area (Å²) in [6, 6.07) is 17.5. The predicted octanol–water partition coefficient (Wildman–Crippen LogP) is 3.21. The number of imide groups is 1. The number of aryl methyl sites for hydroxylation is 1. The Morgan fingerprint density at radius 2 is 1.71 bits per heavy atom. The third kappa shape index (κ3) is 5.86. The number of benzene rings is 3. The lowest BCUT2D eigenvalue weighted by molar-refractivity contribution is -0.122. The molecule has 0 radical (unpaired) electrons. The van der Waals surface area contributed by atoms with E-state index in [2.05, 4.69) is 10.3 Å². The summed E-state index contributed by atoms with van der Waals surface area (Å²) in [6.07, 6.45) is 0. The topological polar surface area (TPSA) is 178 Å². The van der Waals surface area contributed by atoms with Crippen molar-refractivity contribution < 1.29 is 32.3 Å². The van der Waals surface area contributed by atoms with Crippen LogP contribution in [0.5, 0.6) is 11.5 Å². The fourth-order valence-corrected chi connectivity index (χ4v) is 8.42. The normalized spacial score (nSPS) is 19.2. The number of methoxy groups -OCH3 is 1. The number of hydrogen-bond donors (Lipinski definition) is 3. The minimum absolute atomic E-state index is 0.0879. The van der Waals surface area contributed by atoms with E-state index in [1.54, 1.807) is 30.3 Å². The largest absolute Gasteiger partial charge is 0.493 e. The van der Waals surface area contributed by atoms with Crippen LogP contribution in [0.25, 0.3) is 0 Å². The number of aromatic nitrogens is 1. The van der Waals surface area contributed by atoms with Crippen molar-refractivity contribution in [2.45, 2.75) is 28.0 Å². The molecule has 0 unspecified atom stereocenters. The number of hydrogen-bond acceptors (Lipinski definition) is 10. The number of rotatable bonds is 8. The van der Waals surface area contributed by atoms with Gasteiger partial charge in [-0.25, -0.2) is 18.5 Å². The van der Waals surface area contributed by atoms with Crippen LogP contribution in [0.15, 0.2) is 81.4 Å². The summed E-state index contributed by atoms with van der Waals surface area (Å²) < 4.78 is 34.2. The standard InChI is InChI=1S/C30H26N4O8S3/c1-15-3-8-18(9-4-15)34-28(36)24-23(25-27(33-30(38)44-25)43-26(24)29(34)37)16-5-12-20(21(13-16)41-2)42-14-22(35)32-17-6-10-19(11-7-17)45(31,39)40/h3-13,23-24,26H,14H2,1-2H3,(H,32,35)(H,33,38)(H2,31,39,40)/t23-,24-,26+/m0/s1. The second kappa shape index (κ2) is 11.8. The number of anilines is 2. The number of thiazole rings is 1. The molecule has 1 saturated heterocycles. The first kappa shape index (κ1) is 30.6. The molecule has 4 aromatic rings. The van der Waals surface area contributed by atoms with Gasteiger partial charge in [0.25, 0.3) is 5.91 Å². The third-order valence-corrected chi connectivity index (χ3v) is 10.8. The molecule has 4 N–H and O–H groups in total. The Kier molecular flexibility index (Phi) is 8.03. The first-order valence-corrected chi connectivity index (χ1v) is 16.8. The van der Waals surface area contributed by atoms with Crippen molar-refractivity contribution in [2.75, 3.05) is 23.9 Å². The third-order valence-electron chi connectivity index (χ3n) is 7.49. The van der Waals surface area contributed by atoms with E-state index in [0.29, 0.717) is 26.8 Å². The number of nitrogens with two attached hydrogens (primary N) is 1. The highest BCUT2D eigenvalue weighted by atomic mass is 32.2. The lowest BCUT2D eigenvalue weighted by Gasteiger charge is -2.30. The smallest absolute Gasteiger partial charge is 0.305 e. The van der Waals surface area contributed by atoms with Gasteiger partial charge in [0, 0.05) is 16.5 Å². The fraction of sp³-hybridized carbons (Fsp3) is 0.200. The Morgan fingerprint density at radius 3 is 2.38 bits per heavy atom. The van der Waals surface area contributed by atoms with Gasteiger partial charge in [-0.1, -0.05) is 46.9 Å². The van der Waals surface area contributed by atoms with Crippen LogP contribution < -0.4 is 29.7 Å². The molecule has 12 nitrogen and oxygen atoms in total. The van der Waals surface area contributed by atoms with Gasteiger partial charge < -0.3 is 19.8 Å². The van der Waals surface area contributed by atoms with Gasteiger partial charge in [-0.2, -0.15) is 0 Å². The maximum Gasteiger partial charge on any atom is 0.305 e. The molecule has 45 heavy (non-hydrogen) atoms. The Bertz CT molecular complexity index is 1990. The summed E-state index contributed by atoms with van der Waals surface area (Å²) in [4.78, 5) is 56.8. The van der Waals surface area contributed by atoms with Gasteiger partial charge in [-0.05, 0) is 61.0 Å². The van der Waals surface area contributed by atoms with Crippen molar-refractivity contribution in [3.8, 4) is 11.5 Å². The van der Waals surface area contributed by atoms with Crippen LogP contribution in [0.4, 0.5) is 11.4 Å². The Labute approximate surface area is 265 Å². The minimum atomic E-state index is -3.86. The van der Waals surface area contributed by atoms with E-state index >= 15 is 0 Å². The number of aromatic amines is 1. The van der Waals surface area contributed by atoms with Gasteiger partial charge in [0.1, 0.15) is 5.25 Å². The predicted molar refractivity (Wildman–Crippen MR) is 169 cm³/mol. The van der Waals surface area contributed by atoms with Crippen LogP contribution in [0.2, 0.25) is 0 Å². The number of nitrogens with zero attached hydrogens (tertiary/aromatic N) is 1. The fourth-order valence-electron chi connectivity index (χ4n) is 5.39. The second-order valence-corrected chi connectivity index (χ2v) is 14.1. The molecule has 1 aromatic heterocycles. The number of ether oxygens (including phenoxy) is 2. The van der Waals surface area contributed by atoms with E-state index in [1.165, 1.54) is 48.0 Å². The quantitative estimate of drug-likeness (QED) is 0.238. The molecular weight excluding hydrogens is 641 g/mol. The number of fused-ring (bicyclic) bond motifs is 2. The summed E-state index contributed by atoms with van der Waals surface area (Å²) in [5, 5.41) is 7.53. The van der Waals surface area contributed by atoms with Crippen molar-refractivity contribution in [3.63, 3.8) is 0 Å². The maximum absolute atomic E-state index is 13.9. The van der Waals surface area contributed by atoms with Crippen molar-refractivity contribution in [3.05, 3.63) is 92.4 Å². The average Bonchev–Trinajstić information content (AvgIpc) is 3.50. The lowest BCUT2D eigenvalue weighted by Crippen LogP contribution is -2.32. The van der Waals surface area contributed by atoms with Crippen LogP contribution in [0, 0.1) is 12.8 Å². The first-order chi connectivity index (χ1) is 21.4. The number of carbonyl (C=O) groups excluding carboxylic acids is 3. The molecule has 3 aromatic carbocycles. The summed E-state index contributed by atoms with van der Waals surface area (Å²) in [7, 11) is -2.43. The highest BCUT2D eigenvalue weighted by molar-refractivity contribution is 8.00. The number of primary sulfonamides is 1. The molecule has 3 atom stereocenters. The number of nitrogens with one attached hydrogen (secondary N) is 2. The highest BCUT2D eigenvalue weighted by Gasteiger charge is 2.56. The minimum Gasteiger partial charge on any atom is -0.493 e. The molecule has 0 spiro atoms. The van der Waals surface area contributed by atoms with E-state index in [-0.39, 0.29) is 39.7 Å².